The molecule has 0 bridgehead atoms. The van der Waals surface area contributed by atoms with E-state index < -0.39 is 5.54 Å². The van der Waals surface area contributed by atoms with Crippen LogP contribution in [0, 0.1) is 11.8 Å². The smallest absolute Gasteiger partial charge is 0.308 e. The molecule has 0 spiro atoms. The van der Waals surface area contributed by atoms with Crippen LogP contribution in [0.3, 0.4) is 0 Å². The molecule has 0 heterocycles. The van der Waals surface area contributed by atoms with E-state index in [1.54, 1.807) is 7.11 Å². The zero-order valence-corrected chi connectivity index (χ0v) is 13.5. The predicted molar refractivity (Wildman–Crippen MR) is 82.4 cm³/mol. The van der Waals surface area contributed by atoms with Crippen molar-refractivity contribution in [2.45, 2.75) is 32.2 Å². The molecule has 0 aromatic heterocycles. The number of methoxy groups -OCH3 is 2. The van der Waals surface area contributed by atoms with Crippen LogP contribution in [0.2, 0.25) is 0 Å². The number of hydrogen-bond donors (Lipinski definition) is 1. The molecule has 0 aliphatic heterocycles. The second-order valence-electron chi connectivity index (χ2n) is 6.13. The summed E-state index contributed by atoms with van der Waals surface area (Å²) < 4.78 is 10.0. The number of nitrogens with one attached hydrogen (secondary N) is 1. The van der Waals surface area contributed by atoms with Crippen LogP contribution in [-0.2, 0) is 19.9 Å². The van der Waals surface area contributed by atoms with E-state index in [0.717, 1.165) is 12.0 Å². The molecule has 1 fully saturated rings. The van der Waals surface area contributed by atoms with E-state index in [4.69, 9.17) is 9.47 Å². The summed E-state index contributed by atoms with van der Waals surface area (Å²) >= 11 is 0. The number of amides is 1. The van der Waals surface area contributed by atoms with Gasteiger partial charge in [0, 0.05) is 5.92 Å². The fourth-order valence-electron chi connectivity index (χ4n) is 2.60. The molecule has 3 unspecified atom stereocenters. The lowest BCUT2D eigenvalue weighted by molar-refractivity contribution is -0.142. The van der Waals surface area contributed by atoms with E-state index in [0.29, 0.717) is 11.7 Å². The van der Waals surface area contributed by atoms with Gasteiger partial charge in [-0.1, -0.05) is 19.1 Å². The third-order valence-electron chi connectivity index (χ3n) is 4.28. The molecule has 22 heavy (non-hydrogen) atoms. The lowest BCUT2D eigenvalue weighted by Crippen LogP contribution is -2.46. The molecule has 1 aliphatic rings. The lowest BCUT2D eigenvalue weighted by Gasteiger charge is -2.31. The molecule has 5 heteroatoms. The fraction of sp³-hybridized carbons (Fsp3) is 0.529. The fourth-order valence-corrected chi connectivity index (χ4v) is 2.60. The third kappa shape index (κ3) is 3.59. The van der Waals surface area contributed by atoms with Crippen LogP contribution in [0.25, 0.3) is 0 Å². The maximum Gasteiger partial charge on any atom is 0.308 e. The molecule has 1 saturated carbocycles. The summed E-state index contributed by atoms with van der Waals surface area (Å²) in [5.41, 5.74) is 0.00000283. The Kier molecular flexibility index (Phi) is 4.74. The first kappa shape index (κ1) is 16.3. The molecular formula is C17H23NO4. The average Bonchev–Trinajstić information content (AvgIpc) is 3.24. The summed E-state index contributed by atoms with van der Waals surface area (Å²) in [6, 6.07) is 7.38. The number of rotatable bonds is 6. The standard InChI is InChI=1S/C17H23NO4/c1-11-8-14(11)16(20)18-17(2,10-15(19)22-4)12-6-5-7-13(9-12)21-3/h5-7,9,11,14H,8,10H2,1-4H3,(H,18,20). The van der Waals surface area contributed by atoms with Crippen molar-refractivity contribution in [3.63, 3.8) is 0 Å². The molecule has 3 atom stereocenters. The van der Waals surface area contributed by atoms with Gasteiger partial charge in [-0.25, -0.2) is 0 Å². The minimum absolute atomic E-state index is 0.0123. The topological polar surface area (TPSA) is 64.6 Å². The van der Waals surface area contributed by atoms with Crippen LogP contribution in [0.1, 0.15) is 32.3 Å². The van der Waals surface area contributed by atoms with Gasteiger partial charge in [-0.2, -0.15) is 0 Å². The highest BCUT2D eigenvalue weighted by atomic mass is 16.5. The van der Waals surface area contributed by atoms with Crippen molar-refractivity contribution in [2.75, 3.05) is 14.2 Å². The summed E-state index contributed by atoms with van der Waals surface area (Å²) in [5.74, 6) is 0.758. The first-order valence-electron chi connectivity index (χ1n) is 7.43. The maximum absolute atomic E-state index is 12.3. The maximum atomic E-state index is 12.3. The van der Waals surface area contributed by atoms with Crippen molar-refractivity contribution in [1.29, 1.82) is 0 Å². The number of esters is 1. The summed E-state index contributed by atoms with van der Waals surface area (Å²) in [5, 5.41) is 3.02. The van der Waals surface area contributed by atoms with Crippen LogP contribution in [0.4, 0.5) is 0 Å². The molecule has 1 aromatic carbocycles. The highest BCUT2D eigenvalue weighted by Gasteiger charge is 2.42. The van der Waals surface area contributed by atoms with E-state index >= 15 is 0 Å². The van der Waals surface area contributed by atoms with Crippen molar-refractivity contribution in [3.8, 4) is 5.75 Å². The Morgan fingerprint density at radius 2 is 2.05 bits per heavy atom. The Morgan fingerprint density at radius 1 is 1.36 bits per heavy atom. The van der Waals surface area contributed by atoms with E-state index in [2.05, 4.69) is 5.32 Å². The van der Waals surface area contributed by atoms with Crippen molar-refractivity contribution >= 4 is 11.9 Å². The molecule has 0 saturated heterocycles. The van der Waals surface area contributed by atoms with E-state index in [9.17, 15) is 9.59 Å². The van der Waals surface area contributed by atoms with Gasteiger partial charge in [-0.05, 0) is 37.0 Å². The molecule has 2 rings (SSSR count). The molecule has 0 radical (unpaired) electrons. The largest absolute Gasteiger partial charge is 0.497 e. The quantitative estimate of drug-likeness (QED) is 0.819. The number of carbonyl (C=O) groups is 2. The minimum Gasteiger partial charge on any atom is -0.497 e. The van der Waals surface area contributed by atoms with Gasteiger partial charge in [0.1, 0.15) is 5.75 Å². The highest BCUT2D eigenvalue weighted by Crippen LogP contribution is 2.39. The lowest BCUT2D eigenvalue weighted by atomic mass is 9.88. The van der Waals surface area contributed by atoms with Crippen LogP contribution in [0.5, 0.6) is 5.75 Å². The van der Waals surface area contributed by atoms with Crippen LogP contribution in [0.15, 0.2) is 24.3 Å². The van der Waals surface area contributed by atoms with Crippen molar-refractivity contribution in [1.82, 2.24) is 5.32 Å². The molecule has 120 valence electrons. The van der Waals surface area contributed by atoms with Gasteiger partial charge >= 0.3 is 5.97 Å². The Labute approximate surface area is 131 Å². The summed E-state index contributed by atoms with van der Waals surface area (Å²) in [7, 11) is 2.93. The molecule has 1 amide bonds. The first-order valence-corrected chi connectivity index (χ1v) is 7.43. The second-order valence-corrected chi connectivity index (χ2v) is 6.13. The Balaban J connectivity index is 2.27. The normalized spacial score (nSPS) is 22.4. The van der Waals surface area contributed by atoms with Gasteiger partial charge in [-0.3, -0.25) is 9.59 Å². The van der Waals surface area contributed by atoms with Crippen molar-refractivity contribution in [3.05, 3.63) is 29.8 Å². The van der Waals surface area contributed by atoms with Crippen LogP contribution in [-0.4, -0.2) is 26.1 Å². The van der Waals surface area contributed by atoms with Gasteiger partial charge in [0.25, 0.3) is 0 Å². The Morgan fingerprint density at radius 3 is 2.59 bits per heavy atom. The third-order valence-corrected chi connectivity index (χ3v) is 4.28. The SMILES string of the molecule is COC(=O)CC(C)(NC(=O)C1CC1C)c1cccc(OC)c1. The number of carbonyl (C=O) groups excluding carboxylic acids is 2. The summed E-state index contributed by atoms with van der Waals surface area (Å²) in [6.07, 6.45) is 0.974. The molecular weight excluding hydrogens is 282 g/mol. The highest BCUT2D eigenvalue weighted by molar-refractivity contribution is 5.83. The number of benzene rings is 1. The van der Waals surface area contributed by atoms with Gasteiger partial charge in [0.05, 0.1) is 26.2 Å². The number of ether oxygens (including phenoxy) is 2. The minimum atomic E-state index is -0.818. The Bertz CT molecular complexity index is 572. The monoisotopic (exact) mass is 305 g/mol. The van der Waals surface area contributed by atoms with E-state index in [-0.39, 0.29) is 24.2 Å². The summed E-state index contributed by atoms with van der Waals surface area (Å²) in [4.78, 5) is 24.1. The molecule has 1 aliphatic carbocycles. The molecule has 1 N–H and O–H groups in total. The zero-order valence-electron chi connectivity index (χ0n) is 13.5. The summed E-state index contributed by atoms with van der Waals surface area (Å²) in [6.45, 7) is 3.89. The van der Waals surface area contributed by atoms with Gasteiger partial charge in [0.15, 0.2) is 0 Å². The number of hydrogen-bond acceptors (Lipinski definition) is 4. The molecule has 5 nitrogen and oxygen atoms in total. The predicted octanol–water partition coefficient (Wildman–Crippen LogP) is 2.25. The van der Waals surface area contributed by atoms with Gasteiger partial charge in [-0.15, -0.1) is 0 Å². The second kappa shape index (κ2) is 6.38. The average molecular weight is 305 g/mol. The Hall–Kier alpha value is -2.04. The van der Waals surface area contributed by atoms with Crippen molar-refractivity contribution in [2.24, 2.45) is 11.8 Å². The van der Waals surface area contributed by atoms with Crippen molar-refractivity contribution < 1.29 is 19.1 Å². The van der Waals surface area contributed by atoms with E-state index in [1.807, 2.05) is 38.1 Å². The first-order chi connectivity index (χ1) is 10.4. The van der Waals surface area contributed by atoms with Crippen LogP contribution < -0.4 is 10.1 Å². The van der Waals surface area contributed by atoms with Gasteiger partial charge in [0.2, 0.25) is 5.91 Å². The van der Waals surface area contributed by atoms with E-state index in [1.165, 1.54) is 7.11 Å². The zero-order chi connectivity index (χ0) is 16.3. The molecule has 1 aromatic rings. The van der Waals surface area contributed by atoms with Crippen LogP contribution >= 0.6 is 0 Å². The van der Waals surface area contributed by atoms with Gasteiger partial charge < -0.3 is 14.8 Å².